The van der Waals surface area contributed by atoms with E-state index >= 15 is 0 Å². The molecule has 0 aliphatic carbocycles. The van der Waals surface area contributed by atoms with E-state index in [0.717, 1.165) is 5.56 Å². The molecule has 1 N–H and O–H groups in total. The summed E-state index contributed by atoms with van der Waals surface area (Å²) >= 11 is 5.83. The summed E-state index contributed by atoms with van der Waals surface area (Å²) in [6.07, 6.45) is 4.98. The van der Waals surface area contributed by atoms with Crippen molar-refractivity contribution < 1.29 is 5.11 Å². The SMILES string of the molecule is C=C(CO)n1ccncc1=NCc1ccc(Cl)cc1. The zero-order valence-corrected chi connectivity index (χ0v) is 11.1. The second kappa shape index (κ2) is 6.31. The first-order valence-electron chi connectivity index (χ1n) is 5.77. The number of aliphatic hydroxyl groups excluding tert-OH is 1. The van der Waals surface area contributed by atoms with Crippen LogP contribution in [0.2, 0.25) is 5.02 Å². The topological polar surface area (TPSA) is 50.4 Å². The van der Waals surface area contributed by atoms with Gasteiger partial charge in [0.2, 0.25) is 0 Å². The van der Waals surface area contributed by atoms with Gasteiger partial charge in [0.1, 0.15) is 0 Å². The molecule has 1 aromatic carbocycles. The number of hydrogen-bond donors (Lipinski definition) is 1. The van der Waals surface area contributed by atoms with Crippen LogP contribution in [0.4, 0.5) is 0 Å². The molecule has 1 heterocycles. The van der Waals surface area contributed by atoms with Crippen molar-refractivity contribution in [3.8, 4) is 0 Å². The van der Waals surface area contributed by atoms with Crippen LogP contribution in [0.1, 0.15) is 5.56 Å². The molecule has 0 radical (unpaired) electrons. The normalized spacial score (nSPS) is 11.6. The molecule has 0 unspecified atom stereocenters. The van der Waals surface area contributed by atoms with Crippen LogP contribution in [0.25, 0.3) is 5.70 Å². The van der Waals surface area contributed by atoms with Crippen LogP contribution >= 0.6 is 11.6 Å². The van der Waals surface area contributed by atoms with Crippen molar-refractivity contribution >= 4 is 17.3 Å². The second-order valence-corrected chi connectivity index (χ2v) is 4.41. The molecule has 2 aromatic rings. The van der Waals surface area contributed by atoms with E-state index in [9.17, 15) is 0 Å². The molecule has 98 valence electrons. The molecule has 1 aromatic heterocycles. The number of aliphatic hydroxyl groups is 1. The monoisotopic (exact) mass is 275 g/mol. The molecular formula is C14H14ClN3O. The average Bonchev–Trinajstić information content (AvgIpc) is 2.46. The molecule has 0 saturated carbocycles. The van der Waals surface area contributed by atoms with Gasteiger partial charge in [-0.25, -0.2) is 0 Å². The van der Waals surface area contributed by atoms with E-state index < -0.39 is 0 Å². The Bertz CT molecular complexity index is 632. The van der Waals surface area contributed by atoms with E-state index in [4.69, 9.17) is 16.7 Å². The lowest BCUT2D eigenvalue weighted by Gasteiger charge is -2.07. The zero-order valence-electron chi connectivity index (χ0n) is 10.3. The summed E-state index contributed by atoms with van der Waals surface area (Å²) in [4.78, 5) is 8.49. The fourth-order valence-electron chi connectivity index (χ4n) is 1.58. The van der Waals surface area contributed by atoms with Crippen molar-refractivity contribution in [1.82, 2.24) is 9.55 Å². The quantitative estimate of drug-likeness (QED) is 0.929. The van der Waals surface area contributed by atoms with Gasteiger partial charge in [-0.15, -0.1) is 0 Å². The molecule has 0 atom stereocenters. The fraction of sp³-hybridized carbons (Fsp3) is 0.143. The Kier molecular flexibility index (Phi) is 4.49. The van der Waals surface area contributed by atoms with Crippen LogP contribution in [-0.4, -0.2) is 21.3 Å². The molecule has 0 amide bonds. The van der Waals surface area contributed by atoms with Gasteiger partial charge < -0.3 is 9.67 Å². The van der Waals surface area contributed by atoms with Crippen LogP contribution < -0.4 is 5.49 Å². The van der Waals surface area contributed by atoms with E-state index in [1.807, 2.05) is 24.3 Å². The molecular weight excluding hydrogens is 262 g/mol. The first-order chi connectivity index (χ1) is 9.20. The number of nitrogens with zero attached hydrogens (tertiary/aromatic N) is 3. The van der Waals surface area contributed by atoms with E-state index in [-0.39, 0.29) is 6.61 Å². The van der Waals surface area contributed by atoms with Crippen molar-refractivity contribution in [3.05, 3.63) is 65.5 Å². The molecule has 5 heteroatoms. The van der Waals surface area contributed by atoms with E-state index in [2.05, 4.69) is 16.6 Å². The predicted molar refractivity (Wildman–Crippen MR) is 75.4 cm³/mol. The minimum Gasteiger partial charge on any atom is -0.390 e. The molecule has 0 fully saturated rings. The van der Waals surface area contributed by atoms with Crippen LogP contribution in [0.15, 0.2) is 54.4 Å². The maximum Gasteiger partial charge on any atom is 0.151 e. The summed E-state index contributed by atoms with van der Waals surface area (Å²) in [5, 5.41) is 9.83. The molecule has 4 nitrogen and oxygen atoms in total. The largest absolute Gasteiger partial charge is 0.390 e. The molecule has 0 bridgehead atoms. The minimum atomic E-state index is -0.127. The third-order valence-electron chi connectivity index (χ3n) is 2.60. The maximum absolute atomic E-state index is 9.13. The van der Waals surface area contributed by atoms with Crippen molar-refractivity contribution in [2.75, 3.05) is 6.61 Å². The van der Waals surface area contributed by atoms with Crippen molar-refractivity contribution in [2.45, 2.75) is 6.54 Å². The highest BCUT2D eigenvalue weighted by Crippen LogP contribution is 2.09. The Morgan fingerprint density at radius 2 is 2.11 bits per heavy atom. The number of rotatable bonds is 4. The minimum absolute atomic E-state index is 0.127. The summed E-state index contributed by atoms with van der Waals surface area (Å²) < 4.78 is 1.71. The highest BCUT2D eigenvalue weighted by Gasteiger charge is 1.97. The van der Waals surface area contributed by atoms with E-state index in [1.54, 1.807) is 23.2 Å². The number of halogens is 1. The van der Waals surface area contributed by atoms with E-state index in [0.29, 0.717) is 22.8 Å². The van der Waals surface area contributed by atoms with Gasteiger partial charge in [0.25, 0.3) is 0 Å². The van der Waals surface area contributed by atoms with E-state index in [1.165, 1.54) is 0 Å². The van der Waals surface area contributed by atoms with Crippen LogP contribution in [0, 0.1) is 0 Å². The van der Waals surface area contributed by atoms with Gasteiger partial charge in [-0.2, -0.15) is 0 Å². The first kappa shape index (κ1) is 13.5. The lowest BCUT2D eigenvalue weighted by atomic mass is 10.2. The smallest absolute Gasteiger partial charge is 0.151 e. The lowest BCUT2D eigenvalue weighted by Crippen LogP contribution is -2.21. The van der Waals surface area contributed by atoms with Gasteiger partial charge in [0, 0.05) is 23.1 Å². The predicted octanol–water partition coefficient (Wildman–Crippen LogP) is 2.10. The molecule has 0 spiro atoms. The van der Waals surface area contributed by atoms with Crippen LogP contribution in [-0.2, 0) is 6.54 Å². The number of hydrogen-bond acceptors (Lipinski definition) is 3. The third kappa shape index (κ3) is 3.53. The molecule has 0 saturated heterocycles. The van der Waals surface area contributed by atoms with Crippen molar-refractivity contribution in [3.63, 3.8) is 0 Å². The van der Waals surface area contributed by atoms with Gasteiger partial charge in [-0.05, 0) is 17.7 Å². The average molecular weight is 276 g/mol. The molecule has 2 rings (SSSR count). The number of benzene rings is 1. The van der Waals surface area contributed by atoms with Crippen molar-refractivity contribution in [1.29, 1.82) is 0 Å². The van der Waals surface area contributed by atoms with Crippen LogP contribution in [0.3, 0.4) is 0 Å². The molecule has 19 heavy (non-hydrogen) atoms. The van der Waals surface area contributed by atoms with Crippen molar-refractivity contribution in [2.24, 2.45) is 4.99 Å². The fourth-order valence-corrected chi connectivity index (χ4v) is 1.70. The van der Waals surface area contributed by atoms with Gasteiger partial charge in [0.05, 0.1) is 19.3 Å². The van der Waals surface area contributed by atoms with Crippen LogP contribution in [0.5, 0.6) is 0 Å². The molecule has 0 aliphatic rings. The van der Waals surface area contributed by atoms with Gasteiger partial charge >= 0.3 is 0 Å². The van der Waals surface area contributed by atoms with Gasteiger partial charge in [0.15, 0.2) is 5.49 Å². The first-order valence-corrected chi connectivity index (χ1v) is 6.15. The Morgan fingerprint density at radius 1 is 1.37 bits per heavy atom. The highest BCUT2D eigenvalue weighted by atomic mass is 35.5. The summed E-state index contributed by atoms with van der Waals surface area (Å²) in [6, 6.07) is 7.51. The summed E-state index contributed by atoms with van der Waals surface area (Å²) in [5.74, 6) is 0. The summed E-state index contributed by atoms with van der Waals surface area (Å²) in [5.41, 5.74) is 2.25. The van der Waals surface area contributed by atoms with Gasteiger partial charge in [-0.3, -0.25) is 9.98 Å². The maximum atomic E-state index is 9.13. The Labute approximate surface area is 116 Å². The molecule has 0 aliphatic heterocycles. The summed E-state index contributed by atoms with van der Waals surface area (Å²) in [7, 11) is 0. The van der Waals surface area contributed by atoms with Gasteiger partial charge in [-0.1, -0.05) is 30.3 Å². The highest BCUT2D eigenvalue weighted by molar-refractivity contribution is 6.30. The zero-order chi connectivity index (χ0) is 13.7. The number of aromatic nitrogens is 2. The lowest BCUT2D eigenvalue weighted by molar-refractivity contribution is 0.343. The second-order valence-electron chi connectivity index (χ2n) is 3.97. The summed E-state index contributed by atoms with van der Waals surface area (Å²) in [6.45, 7) is 4.17. The Balaban J connectivity index is 2.28. The Hall–Kier alpha value is -1.91. The third-order valence-corrected chi connectivity index (χ3v) is 2.85. The standard InChI is InChI=1S/C14H14ClN3O/c1-11(10-19)18-7-6-16-9-14(18)17-8-12-2-4-13(15)5-3-12/h2-7,9,19H,1,8,10H2. The Morgan fingerprint density at radius 3 is 2.79 bits per heavy atom.